The molecular weight excluding hydrogens is 114 g/mol. The van der Waals surface area contributed by atoms with E-state index in [0.717, 1.165) is 0 Å². The molecule has 2 nitrogen and oxygen atoms in total. The highest BCUT2D eigenvalue weighted by atomic mass is 16.1. The van der Waals surface area contributed by atoms with Gasteiger partial charge >= 0.3 is 0 Å². The number of hydrogen-bond acceptors (Lipinski definition) is 2. The van der Waals surface area contributed by atoms with E-state index in [9.17, 15) is 4.79 Å². The smallest absolute Gasteiger partial charge is 0.159 e. The molecule has 0 heterocycles. The Kier molecular flexibility index (Phi) is 1.46. The summed E-state index contributed by atoms with van der Waals surface area (Å²) in [6, 6.07) is 1.95. The minimum absolute atomic E-state index is 0.0639. The highest BCUT2D eigenvalue weighted by Crippen LogP contribution is 2.04. The van der Waals surface area contributed by atoms with E-state index < -0.39 is 0 Å². The molecular formula is C7H5NO. The minimum Gasteiger partial charge on any atom is -0.295 e. The van der Waals surface area contributed by atoms with Crippen molar-refractivity contribution in [3.8, 4) is 6.07 Å². The fourth-order valence-electron chi connectivity index (χ4n) is 0.612. The molecule has 0 amide bonds. The first-order valence-corrected chi connectivity index (χ1v) is 2.64. The second-order valence-electron chi connectivity index (χ2n) is 1.78. The summed E-state index contributed by atoms with van der Waals surface area (Å²) >= 11 is 0. The van der Waals surface area contributed by atoms with Crippen LogP contribution in [-0.2, 0) is 4.79 Å². The lowest BCUT2D eigenvalue weighted by molar-refractivity contribution is -0.113. The van der Waals surface area contributed by atoms with Crippen molar-refractivity contribution < 1.29 is 4.79 Å². The number of nitrogens with zero attached hydrogens (tertiary/aromatic N) is 1. The molecule has 0 saturated heterocycles. The number of ketones is 1. The Hall–Kier alpha value is -1.36. The lowest BCUT2D eigenvalue weighted by atomic mass is 10.1. The van der Waals surface area contributed by atoms with Gasteiger partial charge in [-0.05, 0) is 12.2 Å². The second-order valence-corrected chi connectivity index (χ2v) is 1.78. The van der Waals surface area contributed by atoms with E-state index in [2.05, 4.69) is 0 Å². The third-order valence-corrected chi connectivity index (χ3v) is 1.10. The van der Waals surface area contributed by atoms with E-state index >= 15 is 0 Å². The third kappa shape index (κ3) is 1.26. The van der Waals surface area contributed by atoms with Crippen LogP contribution in [0.3, 0.4) is 0 Å². The van der Waals surface area contributed by atoms with Gasteiger partial charge in [0.2, 0.25) is 0 Å². The Morgan fingerprint density at radius 3 is 2.78 bits per heavy atom. The molecule has 9 heavy (non-hydrogen) atoms. The maximum atomic E-state index is 10.5. The number of carbonyl (C=O) groups is 1. The van der Waals surface area contributed by atoms with Crippen LogP contribution in [-0.4, -0.2) is 5.78 Å². The van der Waals surface area contributed by atoms with Crippen LogP contribution in [0, 0.1) is 11.3 Å². The maximum absolute atomic E-state index is 10.5. The van der Waals surface area contributed by atoms with Gasteiger partial charge < -0.3 is 0 Å². The molecule has 0 unspecified atom stereocenters. The van der Waals surface area contributed by atoms with Gasteiger partial charge in [-0.1, -0.05) is 6.08 Å². The van der Waals surface area contributed by atoms with Crippen LogP contribution in [0.2, 0.25) is 0 Å². The lowest BCUT2D eigenvalue weighted by Gasteiger charge is -1.94. The number of allylic oxidation sites excluding steroid dienone is 4. The summed E-state index contributed by atoms with van der Waals surface area (Å²) < 4.78 is 0. The summed E-state index contributed by atoms with van der Waals surface area (Å²) in [5, 5.41) is 8.30. The highest BCUT2D eigenvalue weighted by Gasteiger charge is 2.00. The van der Waals surface area contributed by atoms with Crippen molar-refractivity contribution in [3.05, 3.63) is 23.8 Å². The van der Waals surface area contributed by atoms with E-state index in [0.29, 0.717) is 12.0 Å². The Bertz CT molecular complexity index is 230. The molecule has 2 heteroatoms. The summed E-state index contributed by atoms with van der Waals surface area (Å²) in [6.07, 6.45) is 4.96. The van der Waals surface area contributed by atoms with Gasteiger partial charge in [0.15, 0.2) is 5.78 Å². The van der Waals surface area contributed by atoms with Crippen LogP contribution in [0.25, 0.3) is 0 Å². The number of nitriles is 1. The lowest BCUT2D eigenvalue weighted by Crippen LogP contribution is -1.94. The van der Waals surface area contributed by atoms with Crippen molar-refractivity contribution in [1.82, 2.24) is 0 Å². The summed E-state index contributed by atoms with van der Waals surface area (Å²) in [4.78, 5) is 10.5. The predicted octanol–water partition coefficient (Wildman–Crippen LogP) is 0.965. The first-order chi connectivity index (χ1) is 4.33. The van der Waals surface area contributed by atoms with Gasteiger partial charge in [-0.3, -0.25) is 4.79 Å². The molecule has 0 aromatic rings. The van der Waals surface area contributed by atoms with Crippen LogP contribution >= 0.6 is 0 Å². The molecule has 0 N–H and O–H groups in total. The molecule has 0 atom stereocenters. The molecule has 0 fully saturated rings. The molecule has 1 aliphatic carbocycles. The molecule has 44 valence electrons. The molecule has 0 radical (unpaired) electrons. The quantitative estimate of drug-likeness (QED) is 0.476. The normalized spacial score (nSPS) is 16.8. The van der Waals surface area contributed by atoms with Crippen LogP contribution in [0.15, 0.2) is 23.8 Å². The molecule has 0 spiro atoms. The van der Waals surface area contributed by atoms with Crippen LogP contribution < -0.4 is 0 Å². The first-order valence-electron chi connectivity index (χ1n) is 2.64. The zero-order valence-electron chi connectivity index (χ0n) is 4.79. The second kappa shape index (κ2) is 2.27. The average Bonchev–Trinajstić information content (AvgIpc) is 1.90. The van der Waals surface area contributed by atoms with Crippen LogP contribution in [0.5, 0.6) is 0 Å². The first kappa shape index (κ1) is 5.77. The molecule has 1 aliphatic rings. The summed E-state index contributed by atoms with van der Waals surface area (Å²) in [5.74, 6) is 0.0639. The SMILES string of the molecule is N#CC1=CCC(=O)C=C1. The Morgan fingerprint density at radius 1 is 1.56 bits per heavy atom. The Balaban J connectivity index is 2.77. The maximum Gasteiger partial charge on any atom is 0.159 e. The molecule has 1 rings (SSSR count). The van der Waals surface area contributed by atoms with Crippen molar-refractivity contribution in [2.75, 3.05) is 0 Å². The van der Waals surface area contributed by atoms with Gasteiger partial charge in [-0.25, -0.2) is 0 Å². The zero-order chi connectivity index (χ0) is 6.69. The molecule has 0 aromatic heterocycles. The van der Waals surface area contributed by atoms with E-state index in [4.69, 9.17) is 5.26 Å². The summed E-state index contributed by atoms with van der Waals surface area (Å²) in [7, 11) is 0. The fourth-order valence-corrected chi connectivity index (χ4v) is 0.612. The van der Waals surface area contributed by atoms with Crippen molar-refractivity contribution in [2.24, 2.45) is 0 Å². The highest BCUT2D eigenvalue weighted by molar-refractivity contribution is 5.92. The molecule has 0 aromatic carbocycles. The predicted molar refractivity (Wildman–Crippen MR) is 32.5 cm³/mol. The van der Waals surface area contributed by atoms with E-state index in [-0.39, 0.29) is 5.78 Å². The van der Waals surface area contributed by atoms with Gasteiger partial charge in [0.1, 0.15) is 0 Å². The average molecular weight is 119 g/mol. The summed E-state index contributed by atoms with van der Waals surface area (Å²) in [5.41, 5.74) is 0.578. The van der Waals surface area contributed by atoms with Crippen LogP contribution in [0.1, 0.15) is 6.42 Å². The molecule has 0 aliphatic heterocycles. The topological polar surface area (TPSA) is 40.9 Å². The van der Waals surface area contributed by atoms with Gasteiger partial charge in [0, 0.05) is 12.0 Å². The monoisotopic (exact) mass is 119 g/mol. The van der Waals surface area contributed by atoms with E-state index in [1.54, 1.807) is 6.08 Å². The minimum atomic E-state index is 0.0639. The van der Waals surface area contributed by atoms with Gasteiger partial charge in [-0.15, -0.1) is 0 Å². The van der Waals surface area contributed by atoms with Crippen molar-refractivity contribution >= 4 is 5.78 Å². The largest absolute Gasteiger partial charge is 0.295 e. The molecule has 0 bridgehead atoms. The third-order valence-electron chi connectivity index (χ3n) is 1.10. The van der Waals surface area contributed by atoms with E-state index in [1.165, 1.54) is 12.2 Å². The molecule has 0 saturated carbocycles. The summed E-state index contributed by atoms with van der Waals surface area (Å²) in [6.45, 7) is 0. The van der Waals surface area contributed by atoms with Crippen LogP contribution in [0.4, 0.5) is 0 Å². The van der Waals surface area contributed by atoms with Gasteiger partial charge in [0.05, 0.1) is 6.07 Å². The van der Waals surface area contributed by atoms with Crippen molar-refractivity contribution in [3.63, 3.8) is 0 Å². The Morgan fingerprint density at radius 2 is 2.33 bits per heavy atom. The number of carbonyl (C=O) groups excluding carboxylic acids is 1. The zero-order valence-corrected chi connectivity index (χ0v) is 4.79. The number of rotatable bonds is 0. The van der Waals surface area contributed by atoms with Gasteiger partial charge in [0.25, 0.3) is 0 Å². The van der Waals surface area contributed by atoms with Crippen molar-refractivity contribution in [1.29, 1.82) is 5.26 Å². The van der Waals surface area contributed by atoms with Gasteiger partial charge in [-0.2, -0.15) is 5.26 Å². The Labute approximate surface area is 53.1 Å². The standard InChI is InChI=1S/C7H5NO/c8-5-6-1-3-7(9)4-2-6/h1-3H,4H2. The number of hydrogen-bond donors (Lipinski definition) is 0. The van der Waals surface area contributed by atoms with Crippen molar-refractivity contribution in [2.45, 2.75) is 6.42 Å². The fraction of sp³-hybridized carbons (Fsp3) is 0.143. The van der Waals surface area contributed by atoms with E-state index in [1.807, 2.05) is 6.07 Å².